The first-order chi connectivity index (χ1) is 13.6. The third-order valence-electron chi connectivity index (χ3n) is 5.05. The standard InChI is InChI=1S/C19H22FN3O5S/c1-12(13-5-7-23(8-6-13)19(24)25)28-18-11-21-17(10-22-18)15-4-3-14(9-16(15)20)29(2,26)27/h3-4,9-13H,5-8H2,1-2H3,(H,24,25)/t12-/m0/s1. The highest BCUT2D eigenvalue weighted by Crippen LogP contribution is 2.26. The number of piperidine rings is 1. The average Bonchev–Trinajstić information content (AvgIpc) is 2.68. The Bertz CT molecular complexity index is 989. The Kier molecular flexibility index (Phi) is 6.02. The zero-order valence-electron chi connectivity index (χ0n) is 16.1. The first-order valence-electron chi connectivity index (χ1n) is 9.11. The Hall–Kier alpha value is -2.75. The van der Waals surface area contributed by atoms with Crippen LogP contribution in [0.3, 0.4) is 0 Å². The van der Waals surface area contributed by atoms with Gasteiger partial charge in [0.1, 0.15) is 11.9 Å². The zero-order valence-corrected chi connectivity index (χ0v) is 16.9. The van der Waals surface area contributed by atoms with Crippen molar-refractivity contribution in [3.63, 3.8) is 0 Å². The molecule has 1 N–H and O–H groups in total. The van der Waals surface area contributed by atoms with Crippen LogP contribution in [0.5, 0.6) is 5.88 Å². The van der Waals surface area contributed by atoms with Gasteiger partial charge in [-0.2, -0.15) is 0 Å². The molecule has 10 heteroatoms. The van der Waals surface area contributed by atoms with Crippen LogP contribution in [0.25, 0.3) is 11.3 Å². The lowest BCUT2D eigenvalue weighted by atomic mass is 9.92. The topological polar surface area (TPSA) is 110 Å². The maximum atomic E-state index is 14.3. The van der Waals surface area contributed by atoms with Gasteiger partial charge in [-0.1, -0.05) is 0 Å². The molecule has 0 saturated carbocycles. The molecule has 0 bridgehead atoms. The van der Waals surface area contributed by atoms with Crippen LogP contribution in [0.4, 0.5) is 9.18 Å². The van der Waals surface area contributed by atoms with Gasteiger partial charge in [0.15, 0.2) is 9.84 Å². The van der Waals surface area contributed by atoms with Crippen LogP contribution in [-0.2, 0) is 9.84 Å². The minimum absolute atomic E-state index is 0.102. The Morgan fingerprint density at radius 1 is 1.28 bits per heavy atom. The lowest BCUT2D eigenvalue weighted by Crippen LogP contribution is -2.41. The van der Waals surface area contributed by atoms with Gasteiger partial charge in [0.2, 0.25) is 5.88 Å². The van der Waals surface area contributed by atoms with E-state index in [1.54, 1.807) is 0 Å². The number of amides is 1. The summed E-state index contributed by atoms with van der Waals surface area (Å²) in [5, 5.41) is 9.01. The minimum Gasteiger partial charge on any atom is -0.473 e. The first-order valence-corrected chi connectivity index (χ1v) is 11.0. The number of likely N-dealkylation sites (tertiary alicyclic amines) is 1. The van der Waals surface area contributed by atoms with Crippen molar-refractivity contribution in [1.82, 2.24) is 14.9 Å². The van der Waals surface area contributed by atoms with Gasteiger partial charge in [0.25, 0.3) is 0 Å². The van der Waals surface area contributed by atoms with Gasteiger partial charge in [-0.05, 0) is 43.9 Å². The monoisotopic (exact) mass is 423 g/mol. The van der Waals surface area contributed by atoms with Gasteiger partial charge in [-0.3, -0.25) is 0 Å². The van der Waals surface area contributed by atoms with Crippen LogP contribution in [0.1, 0.15) is 19.8 Å². The maximum Gasteiger partial charge on any atom is 0.407 e. The summed E-state index contributed by atoms with van der Waals surface area (Å²) in [7, 11) is -3.50. The Labute approximate surface area is 168 Å². The molecule has 0 spiro atoms. The van der Waals surface area contributed by atoms with Crippen LogP contribution in [0, 0.1) is 11.7 Å². The fourth-order valence-corrected chi connectivity index (χ4v) is 3.93. The summed E-state index contributed by atoms with van der Waals surface area (Å²) in [6, 6.07) is 3.64. The number of halogens is 1. The summed E-state index contributed by atoms with van der Waals surface area (Å²) in [6.45, 7) is 2.85. The van der Waals surface area contributed by atoms with Gasteiger partial charge in [0.05, 0.1) is 23.0 Å². The van der Waals surface area contributed by atoms with Crippen molar-refractivity contribution in [2.75, 3.05) is 19.3 Å². The Morgan fingerprint density at radius 2 is 1.97 bits per heavy atom. The number of aromatic nitrogens is 2. The van der Waals surface area contributed by atoms with Crippen LogP contribution < -0.4 is 4.74 Å². The van der Waals surface area contributed by atoms with Gasteiger partial charge in [0, 0.05) is 24.9 Å². The Balaban J connectivity index is 1.66. The summed E-state index contributed by atoms with van der Waals surface area (Å²) in [6.07, 6.45) is 4.11. The van der Waals surface area contributed by atoms with E-state index in [1.807, 2.05) is 6.92 Å². The molecule has 8 nitrogen and oxygen atoms in total. The molecule has 1 amide bonds. The molecular weight excluding hydrogens is 401 g/mol. The smallest absolute Gasteiger partial charge is 0.407 e. The van der Waals surface area contributed by atoms with Crippen molar-refractivity contribution in [2.45, 2.75) is 30.8 Å². The number of nitrogens with zero attached hydrogens (tertiary/aromatic N) is 3. The number of benzene rings is 1. The van der Waals surface area contributed by atoms with Gasteiger partial charge in [-0.15, -0.1) is 0 Å². The highest BCUT2D eigenvalue weighted by atomic mass is 32.2. The van der Waals surface area contributed by atoms with E-state index >= 15 is 0 Å². The molecule has 1 aliphatic heterocycles. The molecule has 2 heterocycles. The number of carboxylic acid groups (broad SMARTS) is 1. The minimum atomic E-state index is -3.50. The average molecular weight is 423 g/mol. The number of rotatable bonds is 5. The molecule has 2 aromatic rings. The van der Waals surface area contributed by atoms with Crippen LogP contribution >= 0.6 is 0 Å². The summed E-state index contributed by atoms with van der Waals surface area (Å²) in [5.74, 6) is -0.211. The predicted octanol–water partition coefficient (Wildman–Crippen LogP) is 2.84. The molecule has 1 atom stereocenters. The molecule has 156 valence electrons. The second kappa shape index (κ2) is 8.32. The van der Waals surface area contributed by atoms with Crippen molar-refractivity contribution in [3.05, 3.63) is 36.4 Å². The van der Waals surface area contributed by atoms with Crippen molar-refractivity contribution < 1.29 is 27.4 Å². The second-order valence-electron chi connectivity index (χ2n) is 7.08. The largest absolute Gasteiger partial charge is 0.473 e. The first kappa shape index (κ1) is 21.0. The highest BCUT2D eigenvalue weighted by molar-refractivity contribution is 7.90. The molecule has 3 rings (SSSR count). The maximum absolute atomic E-state index is 14.3. The molecule has 1 aliphatic rings. The van der Waals surface area contributed by atoms with Crippen molar-refractivity contribution in [1.29, 1.82) is 0 Å². The van der Waals surface area contributed by atoms with E-state index in [1.165, 1.54) is 29.4 Å². The molecule has 29 heavy (non-hydrogen) atoms. The quantitative estimate of drug-likeness (QED) is 0.787. The van der Waals surface area contributed by atoms with Gasteiger partial charge in [-0.25, -0.2) is 27.6 Å². The summed E-state index contributed by atoms with van der Waals surface area (Å²) in [5.41, 5.74) is 0.405. The van der Waals surface area contributed by atoms with Crippen LogP contribution in [0.2, 0.25) is 0 Å². The molecule has 1 aromatic carbocycles. The number of hydrogen-bond donors (Lipinski definition) is 1. The SMILES string of the molecule is C[C@H](Oc1cnc(-c2ccc(S(C)(=O)=O)cc2F)cn1)C1CCN(C(=O)O)CC1. The Morgan fingerprint density at radius 3 is 2.48 bits per heavy atom. The van der Waals surface area contributed by atoms with Gasteiger partial charge >= 0.3 is 6.09 Å². The molecule has 1 aromatic heterocycles. The fourth-order valence-electron chi connectivity index (χ4n) is 3.30. The third kappa shape index (κ3) is 5.00. The van der Waals surface area contributed by atoms with E-state index in [0.29, 0.717) is 25.9 Å². The zero-order chi connectivity index (χ0) is 21.2. The summed E-state index contributed by atoms with van der Waals surface area (Å²) in [4.78, 5) is 20.6. The molecule has 0 radical (unpaired) electrons. The summed E-state index contributed by atoms with van der Waals surface area (Å²) < 4.78 is 43.2. The number of ether oxygens (including phenoxy) is 1. The fraction of sp³-hybridized carbons (Fsp3) is 0.421. The predicted molar refractivity (Wildman–Crippen MR) is 103 cm³/mol. The van der Waals surface area contributed by atoms with Crippen LogP contribution in [-0.4, -0.2) is 59.9 Å². The highest BCUT2D eigenvalue weighted by Gasteiger charge is 2.27. The van der Waals surface area contributed by atoms with E-state index in [4.69, 9.17) is 9.84 Å². The van der Waals surface area contributed by atoms with E-state index in [9.17, 15) is 17.6 Å². The van der Waals surface area contributed by atoms with E-state index in [2.05, 4.69) is 9.97 Å². The summed E-state index contributed by atoms with van der Waals surface area (Å²) >= 11 is 0. The second-order valence-corrected chi connectivity index (χ2v) is 9.10. The van der Waals surface area contributed by atoms with Crippen molar-refractivity contribution >= 4 is 15.9 Å². The molecule has 0 aliphatic carbocycles. The van der Waals surface area contributed by atoms with Crippen molar-refractivity contribution in [2.24, 2.45) is 5.92 Å². The number of hydrogen-bond acceptors (Lipinski definition) is 6. The lowest BCUT2D eigenvalue weighted by Gasteiger charge is -2.33. The molecule has 0 unspecified atom stereocenters. The molecule has 1 saturated heterocycles. The van der Waals surface area contributed by atoms with E-state index < -0.39 is 21.7 Å². The van der Waals surface area contributed by atoms with Gasteiger partial charge < -0.3 is 14.7 Å². The molecule has 1 fully saturated rings. The van der Waals surface area contributed by atoms with E-state index in [-0.39, 0.29) is 34.1 Å². The van der Waals surface area contributed by atoms with Crippen molar-refractivity contribution in [3.8, 4) is 17.1 Å². The normalized spacial score (nSPS) is 16.4. The lowest BCUT2D eigenvalue weighted by molar-refractivity contribution is 0.0788. The van der Waals surface area contributed by atoms with E-state index in [0.717, 1.165) is 12.3 Å². The van der Waals surface area contributed by atoms with Crippen LogP contribution in [0.15, 0.2) is 35.5 Å². The number of carbonyl (C=O) groups is 1. The third-order valence-corrected chi connectivity index (χ3v) is 6.16. The molecular formula is C19H22FN3O5S. The number of sulfone groups is 1.